The average Bonchev–Trinajstić information content (AvgIpc) is 2.26. The molecule has 1 heterocycles. The normalized spacial score (nSPS) is 20.3. The Balaban J connectivity index is 2.39. The first kappa shape index (κ1) is 14.8. The Morgan fingerprint density at radius 2 is 2.17 bits per heavy atom. The van der Waals surface area contributed by atoms with Crippen molar-refractivity contribution in [2.24, 2.45) is 5.73 Å². The van der Waals surface area contributed by atoms with Crippen molar-refractivity contribution in [2.45, 2.75) is 18.9 Å². The van der Waals surface area contributed by atoms with E-state index in [1.807, 2.05) is 10.2 Å². The van der Waals surface area contributed by atoms with Gasteiger partial charge in [-0.05, 0) is 0 Å². The van der Waals surface area contributed by atoms with Crippen molar-refractivity contribution in [3.05, 3.63) is 0 Å². The number of nitrogens with zero attached hydrogens (tertiary/aromatic N) is 1. The molecule has 3 amide bonds. The van der Waals surface area contributed by atoms with Crippen molar-refractivity contribution in [1.82, 2.24) is 10.2 Å². The molecule has 1 fully saturated rings. The van der Waals surface area contributed by atoms with Crippen molar-refractivity contribution in [1.29, 1.82) is 0 Å². The standard InChI is InChI=1S/C10H17N3O4S/c11-10(17)12-8(14)1-2-13-3-4-18-6-7(13)5-9(15)16/h7H,1-6H2,(H,15,16)(H3,11,12,14,17). The van der Waals surface area contributed by atoms with Gasteiger partial charge in [0.25, 0.3) is 0 Å². The van der Waals surface area contributed by atoms with Gasteiger partial charge in [-0.25, -0.2) is 4.79 Å². The van der Waals surface area contributed by atoms with Gasteiger partial charge in [-0.2, -0.15) is 11.8 Å². The lowest BCUT2D eigenvalue weighted by molar-refractivity contribution is -0.138. The van der Waals surface area contributed by atoms with Crippen LogP contribution in [0.25, 0.3) is 0 Å². The Labute approximate surface area is 109 Å². The van der Waals surface area contributed by atoms with E-state index in [1.54, 1.807) is 11.8 Å². The molecule has 0 radical (unpaired) electrons. The van der Waals surface area contributed by atoms with Gasteiger partial charge in [0.2, 0.25) is 5.91 Å². The van der Waals surface area contributed by atoms with Gasteiger partial charge in [0.05, 0.1) is 6.42 Å². The van der Waals surface area contributed by atoms with Crippen LogP contribution in [-0.4, -0.2) is 58.6 Å². The van der Waals surface area contributed by atoms with E-state index in [9.17, 15) is 14.4 Å². The number of carbonyl (C=O) groups excluding carboxylic acids is 2. The maximum Gasteiger partial charge on any atom is 0.318 e. The fraction of sp³-hybridized carbons (Fsp3) is 0.700. The number of hydrogen-bond acceptors (Lipinski definition) is 5. The number of carbonyl (C=O) groups is 3. The third-order valence-electron chi connectivity index (χ3n) is 2.65. The molecule has 1 saturated heterocycles. The Hall–Kier alpha value is -1.28. The fourth-order valence-corrected chi connectivity index (χ4v) is 2.95. The van der Waals surface area contributed by atoms with Crippen LogP contribution in [0, 0.1) is 0 Å². The number of carboxylic acid groups (broad SMARTS) is 1. The van der Waals surface area contributed by atoms with E-state index >= 15 is 0 Å². The van der Waals surface area contributed by atoms with Gasteiger partial charge in [-0.3, -0.25) is 19.8 Å². The van der Waals surface area contributed by atoms with Gasteiger partial charge < -0.3 is 10.8 Å². The molecule has 0 bridgehead atoms. The van der Waals surface area contributed by atoms with Crippen LogP contribution >= 0.6 is 11.8 Å². The lowest BCUT2D eigenvalue weighted by atomic mass is 10.2. The Kier molecular flexibility index (Phi) is 5.93. The number of imide groups is 1. The monoisotopic (exact) mass is 275 g/mol. The minimum absolute atomic E-state index is 0.0531. The summed E-state index contributed by atoms with van der Waals surface area (Å²) in [7, 11) is 0. The lowest BCUT2D eigenvalue weighted by Gasteiger charge is -2.34. The summed E-state index contributed by atoms with van der Waals surface area (Å²) in [5, 5.41) is 10.8. The molecule has 0 aromatic heterocycles. The number of nitrogens with two attached hydrogens (primary N) is 1. The molecule has 0 aliphatic carbocycles. The zero-order valence-electron chi connectivity index (χ0n) is 9.92. The number of rotatable bonds is 5. The number of primary amides is 1. The summed E-state index contributed by atoms with van der Waals surface area (Å²) in [5.41, 5.74) is 4.83. The second-order valence-electron chi connectivity index (χ2n) is 4.02. The van der Waals surface area contributed by atoms with Gasteiger partial charge in [-0.15, -0.1) is 0 Å². The number of urea groups is 1. The minimum atomic E-state index is -0.865. The van der Waals surface area contributed by atoms with Crippen molar-refractivity contribution >= 4 is 29.7 Å². The number of thioether (sulfide) groups is 1. The first-order valence-corrected chi connectivity index (χ1v) is 6.77. The minimum Gasteiger partial charge on any atom is -0.481 e. The quantitative estimate of drug-likeness (QED) is 0.621. The summed E-state index contributed by atoms with van der Waals surface area (Å²) in [6.07, 6.45) is 0.216. The Bertz CT molecular complexity index is 337. The number of carboxylic acids is 1. The van der Waals surface area contributed by atoms with Crippen molar-refractivity contribution in [3.63, 3.8) is 0 Å². The molecule has 0 spiro atoms. The summed E-state index contributed by atoms with van der Waals surface area (Å²) >= 11 is 1.71. The zero-order chi connectivity index (χ0) is 13.5. The number of nitrogens with one attached hydrogen (secondary N) is 1. The van der Waals surface area contributed by atoms with Gasteiger partial charge in [0.1, 0.15) is 0 Å². The first-order chi connectivity index (χ1) is 8.49. The number of hydrogen-bond donors (Lipinski definition) is 3. The molecule has 1 atom stereocenters. The number of amides is 3. The van der Waals surface area contributed by atoms with Gasteiger partial charge in [0, 0.05) is 37.1 Å². The van der Waals surface area contributed by atoms with E-state index in [0.717, 1.165) is 18.1 Å². The molecular weight excluding hydrogens is 258 g/mol. The van der Waals surface area contributed by atoms with E-state index < -0.39 is 17.9 Å². The third-order valence-corrected chi connectivity index (χ3v) is 3.74. The summed E-state index contributed by atoms with van der Waals surface area (Å²) in [5.74, 6) is 0.404. The highest BCUT2D eigenvalue weighted by Crippen LogP contribution is 2.19. The van der Waals surface area contributed by atoms with Crippen LogP contribution in [0.4, 0.5) is 4.79 Å². The Morgan fingerprint density at radius 1 is 1.44 bits per heavy atom. The zero-order valence-corrected chi connectivity index (χ0v) is 10.7. The van der Waals surface area contributed by atoms with E-state index in [2.05, 4.69) is 0 Å². The van der Waals surface area contributed by atoms with Crippen LogP contribution < -0.4 is 11.1 Å². The molecule has 8 heteroatoms. The molecule has 4 N–H and O–H groups in total. The van der Waals surface area contributed by atoms with Crippen LogP contribution in [-0.2, 0) is 9.59 Å². The number of aliphatic carboxylic acids is 1. The predicted molar refractivity (Wildman–Crippen MR) is 67.3 cm³/mol. The molecule has 102 valence electrons. The van der Waals surface area contributed by atoms with Crippen molar-refractivity contribution in [3.8, 4) is 0 Å². The van der Waals surface area contributed by atoms with E-state index in [-0.39, 0.29) is 18.9 Å². The molecule has 1 aliphatic rings. The lowest BCUT2D eigenvalue weighted by Crippen LogP contribution is -2.45. The van der Waals surface area contributed by atoms with Crippen LogP contribution in [0.5, 0.6) is 0 Å². The molecule has 1 unspecified atom stereocenters. The topological polar surface area (TPSA) is 113 Å². The Morgan fingerprint density at radius 3 is 2.78 bits per heavy atom. The second kappa shape index (κ2) is 7.22. The van der Waals surface area contributed by atoms with E-state index in [4.69, 9.17) is 10.8 Å². The van der Waals surface area contributed by atoms with Crippen LogP contribution in [0.3, 0.4) is 0 Å². The highest BCUT2D eigenvalue weighted by molar-refractivity contribution is 7.99. The smallest absolute Gasteiger partial charge is 0.318 e. The second-order valence-corrected chi connectivity index (χ2v) is 5.17. The van der Waals surface area contributed by atoms with Crippen molar-refractivity contribution < 1.29 is 19.5 Å². The van der Waals surface area contributed by atoms with Gasteiger partial charge in [0.15, 0.2) is 0 Å². The molecule has 0 saturated carbocycles. The van der Waals surface area contributed by atoms with Crippen LogP contribution in [0.15, 0.2) is 0 Å². The van der Waals surface area contributed by atoms with Crippen LogP contribution in [0.1, 0.15) is 12.8 Å². The third kappa shape index (κ3) is 5.37. The fourth-order valence-electron chi connectivity index (χ4n) is 1.82. The summed E-state index contributed by atoms with van der Waals surface area (Å²) in [6.45, 7) is 1.20. The van der Waals surface area contributed by atoms with Crippen molar-refractivity contribution in [2.75, 3.05) is 24.6 Å². The van der Waals surface area contributed by atoms with E-state index in [0.29, 0.717) is 6.54 Å². The largest absolute Gasteiger partial charge is 0.481 e. The molecule has 0 aromatic rings. The molecule has 0 aromatic carbocycles. The predicted octanol–water partition coefficient (Wildman–Crippen LogP) is -0.536. The molecular formula is C10H17N3O4S. The maximum atomic E-state index is 11.3. The summed E-state index contributed by atoms with van der Waals surface area (Å²) in [6, 6.07) is -0.918. The molecule has 18 heavy (non-hydrogen) atoms. The van der Waals surface area contributed by atoms with Gasteiger partial charge in [-0.1, -0.05) is 0 Å². The molecule has 1 aliphatic heterocycles. The molecule has 7 nitrogen and oxygen atoms in total. The SMILES string of the molecule is NC(=O)NC(=O)CCN1CCSCC1CC(=O)O. The first-order valence-electron chi connectivity index (χ1n) is 5.62. The summed E-state index contributed by atoms with van der Waals surface area (Å²) < 4.78 is 0. The van der Waals surface area contributed by atoms with Gasteiger partial charge >= 0.3 is 12.0 Å². The maximum absolute atomic E-state index is 11.3. The highest BCUT2D eigenvalue weighted by atomic mass is 32.2. The summed E-state index contributed by atoms with van der Waals surface area (Å²) in [4.78, 5) is 34.4. The van der Waals surface area contributed by atoms with E-state index in [1.165, 1.54) is 0 Å². The highest BCUT2D eigenvalue weighted by Gasteiger charge is 2.25. The van der Waals surface area contributed by atoms with Crippen LogP contribution in [0.2, 0.25) is 0 Å². The molecule has 1 rings (SSSR count). The average molecular weight is 275 g/mol.